The van der Waals surface area contributed by atoms with Crippen molar-refractivity contribution in [2.45, 2.75) is 13.8 Å². The van der Waals surface area contributed by atoms with Crippen molar-refractivity contribution in [3.63, 3.8) is 0 Å². The zero-order chi connectivity index (χ0) is 15.2. The molecule has 110 valence electrons. The first kappa shape index (κ1) is 14.9. The van der Waals surface area contributed by atoms with Crippen LogP contribution in [0.4, 0.5) is 11.4 Å². The van der Waals surface area contributed by atoms with Gasteiger partial charge in [-0.1, -0.05) is 12.1 Å². The largest absolute Gasteiger partial charge is 0.494 e. The van der Waals surface area contributed by atoms with Crippen LogP contribution in [-0.2, 0) is 0 Å². The molecule has 2 N–H and O–H groups in total. The van der Waals surface area contributed by atoms with Gasteiger partial charge >= 0.3 is 0 Å². The van der Waals surface area contributed by atoms with Gasteiger partial charge in [-0.15, -0.1) is 0 Å². The highest BCUT2D eigenvalue weighted by Crippen LogP contribution is 2.24. The lowest BCUT2D eigenvalue weighted by molar-refractivity contribution is 0.0988. The van der Waals surface area contributed by atoms with Crippen LogP contribution >= 0.6 is 0 Å². The Balaban J connectivity index is 2.26. The molecule has 0 fully saturated rings. The number of hydrogen-bond acceptors (Lipinski definition) is 3. The minimum Gasteiger partial charge on any atom is -0.494 e. The van der Waals surface area contributed by atoms with Crippen LogP contribution < -0.4 is 15.4 Å². The van der Waals surface area contributed by atoms with Crippen molar-refractivity contribution in [2.75, 3.05) is 23.8 Å². The first-order chi connectivity index (χ1) is 10.2. The predicted octanol–water partition coefficient (Wildman–Crippen LogP) is 3.33. The third-order valence-corrected chi connectivity index (χ3v) is 3.20. The summed E-state index contributed by atoms with van der Waals surface area (Å²) >= 11 is 0. The minimum absolute atomic E-state index is 0.0709. The lowest BCUT2D eigenvalue weighted by Crippen LogP contribution is -2.31. The van der Waals surface area contributed by atoms with E-state index in [0.717, 1.165) is 11.4 Å². The van der Waals surface area contributed by atoms with Crippen LogP contribution in [0.15, 0.2) is 48.5 Å². The topological polar surface area (TPSA) is 55.6 Å². The monoisotopic (exact) mass is 284 g/mol. The number of hydrogen-bond donors (Lipinski definition) is 1. The van der Waals surface area contributed by atoms with E-state index in [9.17, 15) is 4.79 Å². The Morgan fingerprint density at radius 1 is 1.10 bits per heavy atom. The molecule has 0 spiro atoms. The van der Waals surface area contributed by atoms with Gasteiger partial charge in [-0.25, -0.2) is 0 Å². The van der Waals surface area contributed by atoms with E-state index in [0.29, 0.717) is 24.4 Å². The van der Waals surface area contributed by atoms with Gasteiger partial charge in [0.1, 0.15) is 5.75 Å². The maximum atomic E-state index is 12.6. The average molecular weight is 284 g/mol. The first-order valence-electron chi connectivity index (χ1n) is 7.06. The number of carbonyl (C=O) groups is 1. The Bertz CT molecular complexity index is 608. The van der Waals surface area contributed by atoms with Gasteiger partial charge in [0.25, 0.3) is 5.91 Å². The fourth-order valence-electron chi connectivity index (χ4n) is 2.17. The molecule has 0 atom stereocenters. The van der Waals surface area contributed by atoms with E-state index >= 15 is 0 Å². The van der Waals surface area contributed by atoms with Crippen LogP contribution in [0.5, 0.6) is 5.75 Å². The van der Waals surface area contributed by atoms with Gasteiger partial charge in [0.15, 0.2) is 0 Å². The van der Waals surface area contributed by atoms with Gasteiger partial charge in [0.05, 0.1) is 18.0 Å². The summed E-state index contributed by atoms with van der Waals surface area (Å²) < 4.78 is 5.39. The third kappa shape index (κ3) is 3.34. The number of para-hydroxylation sites is 2. The normalized spacial score (nSPS) is 10.2. The molecule has 4 heteroatoms. The van der Waals surface area contributed by atoms with E-state index < -0.39 is 0 Å². The number of amides is 1. The smallest absolute Gasteiger partial charge is 0.258 e. The molecule has 0 aliphatic carbocycles. The zero-order valence-electron chi connectivity index (χ0n) is 12.4. The standard InChI is InChI=1S/C17H20N2O2/c1-3-19(16-8-6-5-7-15(16)18)17(20)13-9-11-14(12-10-13)21-4-2/h5-12H,3-4,18H2,1-2H3. The van der Waals surface area contributed by atoms with Crippen molar-refractivity contribution in [3.05, 3.63) is 54.1 Å². The van der Waals surface area contributed by atoms with Crippen LogP contribution in [0.1, 0.15) is 24.2 Å². The highest BCUT2D eigenvalue weighted by atomic mass is 16.5. The van der Waals surface area contributed by atoms with Crippen LogP contribution in [0.3, 0.4) is 0 Å². The number of benzene rings is 2. The Hall–Kier alpha value is -2.49. The van der Waals surface area contributed by atoms with Gasteiger partial charge in [0.2, 0.25) is 0 Å². The lowest BCUT2D eigenvalue weighted by atomic mass is 10.1. The third-order valence-electron chi connectivity index (χ3n) is 3.20. The van der Waals surface area contributed by atoms with Gasteiger partial charge in [-0.2, -0.15) is 0 Å². The summed E-state index contributed by atoms with van der Waals surface area (Å²) in [6.07, 6.45) is 0. The van der Waals surface area contributed by atoms with Crippen molar-refractivity contribution in [1.29, 1.82) is 0 Å². The number of nitrogen functional groups attached to an aromatic ring is 1. The highest BCUT2D eigenvalue weighted by molar-refractivity contribution is 6.07. The molecule has 0 aliphatic rings. The van der Waals surface area contributed by atoms with Crippen LogP contribution in [0.25, 0.3) is 0 Å². The van der Waals surface area contributed by atoms with E-state index in [1.165, 1.54) is 0 Å². The van der Waals surface area contributed by atoms with E-state index in [4.69, 9.17) is 10.5 Å². The van der Waals surface area contributed by atoms with Gasteiger partial charge in [0, 0.05) is 12.1 Å². The summed E-state index contributed by atoms with van der Waals surface area (Å²) in [6.45, 7) is 5.02. The first-order valence-corrected chi connectivity index (χ1v) is 7.06. The maximum Gasteiger partial charge on any atom is 0.258 e. The van der Waals surface area contributed by atoms with Crippen molar-refractivity contribution >= 4 is 17.3 Å². The molecular formula is C17H20N2O2. The number of rotatable bonds is 5. The molecule has 0 unspecified atom stereocenters. The fraction of sp³-hybridized carbons (Fsp3) is 0.235. The number of nitrogens with two attached hydrogens (primary N) is 1. The van der Waals surface area contributed by atoms with Crippen LogP contribution in [0.2, 0.25) is 0 Å². The SMILES string of the molecule is CCOc1ccc(C(=O)N(CC)c2ccccc2N)cc1. The summed E-state index contributed by atoms with van der Waals surface area (Å²) in [6, 6.07) is 14.5. The van der Waals surface area contributed by atoms with Crippen molar-refractivity contribution in [3.8, 4) is 5.75 Å². The Morgan fingerprint density at radius 2 is 1.76 bits per heavy atom. The molecule has 2 aromatic carbocycles. The second-order valence-corrected chi connectivity index (χ2v) is 4.57. The molecular weight excluding hydrogens is 264 g/mol. The van der Waals surface area contributed by atoms with Crippen LogP contribution in [0, 0.1) is 0 Å². The summed E-state index contributed by atoms with van der Waals surface area (Å²) in [5, 5.41) is 0. The average Bonchev–Trinajstić information content (AvgIpc) is 2.51. The highest BCUT2D eigenvalue weighted by Gasteiger charge is 2.17. The maximum absolute atomic E-state index is 12.6. The molecule has 2 aromatic rings. The van der Waals surface area contributed by atoms with Gasteiger partial charge in [-0.05, 0) is 50.2 Å². The summed E-state index contributed by atoms with van der Waals surface area (Å²) in [5.41, 5.74) is 7.91. The summed E-state index contributed by atoms with van der Waals surface area (Å²) in [5.74, 6) is 0.690. The van der Waals surface area contributed by atoms with E-state index in [1.54, 1.807) is 35.2 Å². The predicted molar refractivity (Wildman–Crippen MR) is 85.8 cm³/mol. The Kier molecular flexibility index (Phi) is 4.82. The number of anilines is 2. The number of carbonyl (C=O) groups excluding carboxylic acids is 1. The molecule has 0 aromatic heterocycles. The van der Waals surface area contributed by atoms with E-state index in [2.05, 4.69) is 0 Å². The molecule has 0 bridgehead atoms. The van der Waals surface area contributed by atoms with Crippen molar-refractivity contribution in [1.82, 2.24) is 0 Å². The summed E-state index contributed by atoms with van der Waals surface area (Å²) in [4.78, 5) is 14.3. The summed E-state index contributed by atoms with van der Waals surface area (Å²) in [7, 11) is 0. The second-order valence-electron chi connectivity index (χ2n) is 4.57. The molecule has 0 radical (unpaired) electrons. The molecule has 0 heterocycles. The zero-order valence-corrected chi connectivity index (χ0v) is 12.4. The van der Waals surface area contributed by atoms with Crippen LogP contribution in [-0.4, -0.2) is 19.1 Å². The Morgan fingerprint density at radius 3 is 2.33 bits per heavy atom. The fourth-order valence-corrected chi connectivity index (χ4v) is 2.17. The molecule has 0 saturated heterocycles. The molecule has 0 saturated carbocycles. The van der Waals surface area contributed by atoms with E-state index in [-0.39, 0.29) is 5.91 Å². The van der Waals surface area contributed by atoms with Gasteiger partial charge < -0.3 is 15.4 Å². The number of nitrogens with zero attached hydrogens (tertiary/aromatic N) is 1. The van der Waals surface area contributed by atoms with Crippen molar-refractivity contribution < 1.29 is 9.53 Å². The van der Waals surface area contributed by atoms with Gasteiger partial charge in [-0.3, -0.25) is 4.79 Å². The quantitative estimate of drug-likeness (QED) is 0.857. The van der Waals surface area contributed by atoms with E-state index in [1.807, 2.05) is 32.0 Å². The Labute approximate surface area is 125 Å². The lowest BCUT2D eigenvalue weighted by Gasteiger charge is -2.22. The second kappa shape index (κ2) is 6.79. The minimum atomic E-state index is -0.0709. The number of ether oxygens (including phenoxy) is 1. The molecule has 4 nitrogen and oxygen atoms in total. The van der Waals surface area contributed by atoms with Crippen molar-refractivity contribution in [2.24, 2.45) is 0 Å². The molecule has 1 amide bonds. The molecule has 21 heavy (non-hydrogen) atoms. The molecule has 2 rings (SSSR count). The molecule has 0 aliphatic heterocycles.